The molecule has 0 aromatic carbocycles. The molecule has 3 aromatic heterocycles. The molecule has 0 amide bonds. The molecule has 0 bridgehead atoms. The maximum Gasteiger partial charge on any atom is 0.323 e. The molecular weight excluding hydrogens is 310 g/mol. The van der Waals surface area contributed by atoms with Gasteiger partial charge in [0.05, 0.1) is 11.9 Å². The van der Waals surface area contributed by atoms with E-state index in [9.17, 15) is 4.79 Å². The number of aromatic nitrogens is 6. The molecule has 22 heavy (non-hydrogen) atoms. The number of aryl methyl sites for hydroxylation is 1. The summed E-state index contributed by atoms with van der Waals surface area (Å²) in [6, 6.07) is 1.74. The number of fused-ring (bicyclic) bond motifs is 1. The lowest BCUT2D eigenvalue weighted by atomic mass is 10.3. The molecule has 0 atom stereocenters. The number of rotatable bonds is 5. The van der Waals surface area contributed by atoms with E-state index in [1.807, 2.05) is 0 Å². The van der Waals surface area contributed by atoms with Crippen LogP contribution in [0.2, 0.25) is 5.28 Å². The van der Waals surface area contributed by atoms with Gasteiger partial charge in [0.15, 0.2) is 0 Å². The first-order valence-electron chi connectivity index (χ1n) is 6.35. The molecule has 0 aliphatic carbocycles. The fourth-order valence-corrected chi connectivity index (χ4v) is 2.25. The Balaban J connectivity index is 1.93. The van der Waals surface area contributed by atoms with Crippen LogP contribution in [0.5, 0.6) is 0 Å². The minimum Gasteiger partial charge on any atom is -0.480 e. The molecule has 2 N–H and O–H groups in total. The SMILES string of the molecule is Cn1ncnc1CNc1nc(Cl)nc2c1ccn2CC(=O)O. The van der Waals surface area contributed by atoms with Crippen LogP contribution < -0.4 is 5.32 Å². The number of nitrogens with zero attached hydrogens (tertiary/aromatic N) is 6. The molecule has 0 unspecified atom stereocenters. The van der Waals surface area contributed by atoms with Crippen LogP contribution in [0.1, 0.15) is 5.82 Å². The highest BCUT2D eigenvalue weighted by Crippen LogP contribution is 2.23. The second-order valence-corrected chi connectivity index (χ2v) is 4.91. The molecule has 0 saturated heterocycles. The molecule has 114 valence electrons. The van der Waals surface area contributed by atoms with Gasteiger partial charge in [-0.3, -0.25) is 9.48 Å². The summed E-state index contributed by atoms with van der Waals surface area (Å²) in [6.45, 7) is 0.211. The van der Waals surface area contributed by atoms with Crippen molar-refractivity contribution < 1.29 is 9.90 Å². The number of anilines is 1. The van der Waals surface area contributed by atoms with Crippen LogP contribution in [0.25, 0.3) is 11.0 Å². The minimum absolute atomic E-state index is 0.0401. The van der Waals surface area contributed by atoms with Gasteiger partial charge in [0, 0.05) is 13.2 Å². The Bertz CT molecular complexity index is 841. The number of carboxylic acid groups (broad SMARTS) is 1. The zero-order chi connectivity index (χ0) is 15.7. The van der Waals surface area contributed by atoms with Gasteiger partial charge in [-0.2, -0.15) is 10.1 Å². The van der Waals surface area contributed by atoms with Gasteiger partial charge in [-0.05, 0) is 17.7 Å². The molecule has 3 heterocycles. The summed E-state index contributed by atoms with van der Waals surface area (Å²) in [6.07, 6.45) is 3.10. The zero-order valence-corrected chi connectivity index (χ0v) is 12.3. The Morgan fingerprint density at radius 2 is 2.27 bits per heavy atom. The monoisotopic (exact) mass is 321 g/mol. The average molecular weight is 322 g/mol. The summed E-state index contributed by atoms with van der Waals surface area (Å²) in [4.78, 5) is 23.2. The van der Waals surface area contributed by atoms with E-state index in [1.54, 1.807) is 24.0 Å². The van der Waals surface area contributed by atoms with Crippen LogP contribution in [-0.2, 0) is 24.9 Å². The van der Waals surface area contributed by atoms with E-state index in [1.165, 1.54) is 10.9 Å². The topological polar surface area (TPSA) is 111 Å². The maximum absolute atomic E-state index is 10.9. The predicted molar refractivity (Wildman–Crippen MR) is 78.5 cm³/mol. The summed E-state index contributed by atoms with van der Waals surface area (Å²) in [5, 5.41) is 16.7. The van der Waals surface area contributed by atoms with Gasteiger partial charge in [-0.15, -0.1) is 0 Å². The number of hydrogen-bond acceptors (Lipinski definition) is 6. The second-order valence-electron chi connectivity index (χ2n) is 4.57. The predicted octanol–water partition coefficient (Wildman–Crippen LogP) is 0.910. The summed E-state index contributed by atoms with van der Waals surface area (Å²) >= 11 is 5.93. The third-order valence-corrected chi connectivity index (χ3v) is 3.29. The second kappa shape index (κ2) is 5.60. The fourth-order valence-electron chi connectivity index (χ4n) is 2.09. The van der Waals surface area contributed by atoms with Crippen molar-refractivity contribution in [3.63, 3.8) is 0 Å². The van der Waals surface area contributed by atoms with Crippen LogP contribution in [0.3, 0.4) is 0 Å². The highest BCUT2D eigenvalue weighted by atomic mass is 35.5. The number of aliphatic carboxylic acids is 1. The van der Waals surface area contributed by atoms with Gasteiger partial charge in [0.2, 0.25) is 5.28 Å². The first kappa shape index (κ1) is 14.3. The molecule has 0 aliphatic heterocycles. The molecule has 0 saturated carbocycles. The smallest absolute Gasteiger partial charge is 0.323 e. The quantitative estimate of drug-likeness (QED) is 0.672. The van der Waals surface area contributed by atoms with Crippen LogP contribution in [0.4, 0.5) is 5.82 Å². The first-order chi connectivity index (χ1) is 10.5. The van der Waals surface area contributed by atoms with Crippen molar-refractivity contribution in [1.29, 1.82) is 0 Å². The summed E-state index contributed by atoms with van der Waals surface area (Å²) in [7, 11) is 1.79. The highest BCUT2D eigenvalue weighted by molar-refractivity contribution is 6.28. The van der Waals surface area contributed by atoms with E-state index < -0.39 is 5.97 Å². The Morgan fingerprint density at radius 3 is 2.95 bits per heavy atom. The number of carboxylic acids is 1. The van der Waals surface area contributed by atoms with Gasteiger partial charge >= 0.3 is 5.97 Å². The highest BCUT2D eigenvalue weighted by Gasteiger charge is 2.13. The number of hydrogen-bond donors (Lipinski definition) is 2. The summed E-state index contributed by atoms with van der Waals surface area (Å²) in [5.41, 5.74) is 0.461. The van der Waals surface area contributed by atoms with Gasteiger partial charge in [0.1, 0.15) is 30.2 Å². The van der Waals surface area contributed by atoms with Crippen LogP contribution in [0, 0.1) is 0 Å². The van der Waals surface area contributed by atoms with E-state index >= 15 is 0 Å². The van der Waals surface area contributed by atoms with E-state index in [0.29, 0.717) is 23.4 Å². The van der Waals surface area contributed by atoms with Gasteiger partial charge in [0.25, 0.3) is 0 Å². The lowest BCUT2D eigenvalue weighted by Crippen LogP contribution is -2.10. The Morgan fingerprint density at radius 1 is 1.45 bits per heavy atom. The molecule has 0 spiro atoms. The molecule has 9 nitrogen and oxygen atoms in total. The lowest BCUT2D eigenvalue weighted by Gasteiger charge is -2.07. The first-order valence-corrected chi connectivity index (χ1v) is 6.73. The average Bonchev–Trinajstić information content (AvgIpc) is 3.03. The van der Waals surface area contributed by atoms with E-state index in [2.05, 4.69) is 25.4 Å². The van der Waals surface area contributed by atoms with Crippen molar-refractivity contribution >= 4 is 34.4 Å². The summed E-state index contributed by atoms with van der Waals surface area (Å²) < 4.78 is 3.14. The van der Waals surface area contributed by atoms with E-state index in [4.69, 9.17) is 16.7 Å². The molecule has 3 rings (SSSR count). The minimum atomic E-state index is -0.958. The summed E-state index contributed by atoms with van der Waals surface area (Å²) in [5.74, 6) is 0.288. The number of carbonyl (C=O) groups is 1. The normalized spacial score (nSPS) is 11.0. The molecule has 0 fully saturated rings. The number of halogens is 1. The maximum atomic E-state index is 10.9. The third-order valence-electron chi connectivity index (χ3n) is 3.12. The van der Waals surface area contributed by atoms with Crippen molar-refractivity contribution in [2.45, 2.75) is 13.1 Å². The molecule has 0 radical (unpaired) electrons. The molecular formula is C12H12ClN7O2. The lowest BCUT2D eigenvalue weighted by molar-refractivity contribution is -0.137. The van der Waals surface area contributed by atoms with Gasteiger partial charge in [-0.1, -0.05) is 0 Å². The van der Waals surface area contributed by atoms with E-state index in [-0.39, 0.29) is 11.8 Å². The standard InChI is InChI=1S/C12H12ClN7O2/c1-19-8(15-6-16-19)4-14-10-7-2-3-20(5-9(21)22)11(7)18-12(13)17-10/h2-3,6H,4-5H2,1H3,(H,21,22)(H,14,17,18). The van der Waals surface area contributed by atoms with Crippen molar-refractivity contribution in [2.24, 2.45) is 7.05 Å². The van der Waals surface area contributed by atoms with Crippen LogP contribution in [-0.4, -0.2) is 40.4 Å². The van der Waals surface area contributed by atoms with Gasteiger partial charge in [-0.25, -0.2) is 9.97 Å². The van der Waals surface area contributed by atoms with Crippen LogP contribution >= 0.6 is 11.6 Å². The Labute approximate surface area is 129 Å². The van der Waals surface area contributed by atoms with Crippen LogP contribution in [0.15, 0.2) is 18.6 Å². The van der Waals surface area contributed by atoms with Crippen molar-refractivity contribution in [1.82, 2.24) is 29.3 Å². The Kier molecular flexibility index (Phi) is 3.63. The fraction of sp³-hybridized carbons (Fsp3) is 0.250. The van der Waals surface area contributed by atoms with Crippen molar-refractivity contribution in [3.05, 3.63) is 29.7 Å². The zero-order valence-electron chi connectivity index (χ0n) is 11.6. The third kappa shape index (κ3) is 2.70. The molecule has 0 aliphatic rings. The number of nitrogens with one attached hydrogen (secondary N) is 1. The van der Waals surface area contributed by atoms with Crippen molar-refractivity contribution in [3.8, 4) is 0 Å². The van der Waals surface area contributed by atoms with Crippen molar-refractivity contribution in [2.75, 3.05) is 5.32 Å². The largest absolute Gasteiger partial charge is 0.480 e. The Hall–Kier alpha value is -2.68. The molecule has 10 heteroatoms. The molecule has 3 aromatic rings. The van der Waals surface area contributed by atoms with Gasteiger partial charge < -0.3 is 15.0 Å². The van der Waals surface area contributed by atoms with E-state index in [0.717, 1.165) is 5.82 Å².